The second-order valence-corrected chi connectivity index (χ2v) is 4.13. The van der Waals surface area contributed by atoms with Crippen LogP contribution in [0.3, 0.4) is 0 Å². The highest BCUT2D eigenvalue weighted by Crippen LogP contribution is 2.26. The summed E-state index contributed by atoms with van der Waals surface area (Å²) in [4.78, 5) is 7.94. The second-order valence-electron chi connectivity index (χ2n) is 3.27. The second kappa shape index (κ2) is 4.69. The van der Waals surface area contributed by atoms with E-state index in [1.807, 2.05) is 7.05 Å². The molecule has 1 unspecified atom stereocenters. The van der Waals surface area contributed by atoms with Gasteiger partial charge in [0.05, 0.1) is 22.4 Å². The van der Waals surface area contributed by atoms with Crippen molar-refractivity contribution in [1.82, 2.24) is 25.2 Å². The van der Waals surface area contributed by atoms with E-state index >= 15 is 0 Å². The minimum atomic E-state index is -0.192. The van der Waals surface area contributed by atoms with E-state index in [1.54, 1.807) is 23.3 Å². The number of hydrogen-bond donors (Lipinski definition) is 2. The molecule has 0 bridgehead atoms. The Bertz CT molecular complexity index is 449. The molecule has 84 valence electrons. The van der Waals surface area contributed by atoms with Crippen LogP contribution >= 0.6 is 15.9 Å². The Kier molecular flexibility index (Phi) is 3.28. The molecule has 2 aromatic heterocycles. The average molecular weight is 283 g/mol. The fourth-order valence-electron chi connectivity index (χ4n) is 1.54. The lowest BCUT2D eigenvalue weighted by Crippen LogP contribution is -2.30. The van der Waals surface area contributed by atoms with E-state index in [2.05, 4.69) is 36.4 Å². The molecular weight excluding hydrogens is 272 g/mol. The van der Waals surface area contributed by atoms with Crippen LogP contribution in [0.4, 0.5) is 0 Å². The summed E-state index contributed by atoms with van der Waals surface area (Å²) in [6.07, 6.45) is 6.65. The Morgan fingerprint density at radius 1 is 1.38 bits per heavy atom. The quantitative estimate of drug-likeness (QED) is 0.634. The molecule has 0 aliphatic carbocycles. The van der Waals surface area contributed by atoms with E-state index in [1.165, 1.54) is 6.33 Å². The maximum absolute atomic E-state index is 5.57. The van der Waals surface area contributed by atoms with Gasteiger partial charge in [-0.15, -0.1) is 0 Å². The predicted octanol–water partition coefficient (Wildman–Crippen LogP) is 0.525. The van der Waals surface area contributed by atoms with Gasteiger partial charge >= 0.3 is 0 Å². The van der Waals surface area contributed by atoms with Gasteiger partial charge in [-0.2, -0.15) is 5.10 Å². The molecule has 0 spiro atoms. The number of rotatable bonds is 3. The number of hydrogen-bond acceptors (Lipinski definition) is 5. The van der Waals surface area contributed by atoms with Crippen LogP contribution in [0.5, 0.6) is 0 Å². The zero-order chi connectivity index (χ0) is 11.5. The summed E-state index contributed by atoms with van der Waals surface area (Å²) in [5.74, 6) is 5.57. The largest absolute Gasteiger partial charge is 0.271 e. The standard InChI is InChI=1S/C9H11BrN6/c1-16-9(7(10)4-14-16)8(15-11)6-2-12-5-13-3-6/h2-5,8,15H,11H2,1H3. The molecule has 2 rings (SSSR count). The first-order valence-corrected chi connectivity index (χ1v) is 5.41. The van der Waals surface area contributed by atoms with Crippen molar-refractivity contribution in [3.63, 3.8) is 0 Å². The van der Waals surface area contributed by atoms with Crippen LogP contribution in [0.2, 0.25) is 0 Å². The maximum atomic E-state index is 5.57. The first-order chi connectivity index (χ1) is 7.74. The van der Waals surface area contributed by atoms with Gasteiger partial charge < -0.3 is 0 Å². The molecule has 6 nitrogen and oxygen atoms in total. The molecule has 16 heavy (non-hydrogen) atoms. The third-order valence-corrected chi connectivity index (χ3v) is 2.90. The molecule has 1 atom stereocenters. The Morgan fingerprint density at radius 3 is 2.56 bits per heavy atom. The molecule has 0 radical (unpaired) electrons. The Morgan fingerprint density at radius 2 is 2.06 bits per heavy atom. The van der Waals surface area contributed by atoms with Gasteiger partial charge in [0.25, 0.3) is 0 Å². The third kappa shape index (κ3) is 1.97. The fourth-order valence-corrected chi connectivity index (χ4v) is 2.11. The number of hydrazine groups is 1. The van der Waals surface area contributed by atoms with E-state index in [0.717, 1.165) is 15.7 Å². The lowest BCUT2D eigenvalue weighted by Gasteiger charge is -2.16. The summed E-state index contributed by atoms with van der Waals surface area (Å²) in [7, 11) is 1.86. The van der Waals surface area contributed by atoms with Gasteiger partial charge in [0, 0.05) is 25.0 Å². The van der Waals surface area contributed by atoms with Crippen LogP contribution in [0.1, 0.15) is 17.3 Å². The van der Waals surface area contributed by atoms with Crippen LogP contribution in [0, 0.1) is 0 Å². The van der Waals surface area contributed by atoms with Gasteiger partial charge in [-0.25, -0.2) is 15.4 Å². The lowest BCUT2D eigenvalue weighted by atomic mass is 10.1. The van der Waals surface area contributed by atoms with Gasteiger partial charge in [-0.05, 0) is 15.9 Å². The summed E-state index contributed by atoms with van der Waals surface area (Å²) in [5, 5.41) is 4.14. The molecule has 0 aliphatic rings. The molecule has 0 aliphatic heterocycles. The summed E-state index contributed by atoms with van der Waals surface area (Å²) in [5.41, 5.74) is 4.54. The maximum Gasteiger partial charge on any atom is 0.115 e. The number of nitrogens with two attached hydrogens (primary N) is 1. The zero-order valence-electron chi connectivity index (χ0n) is 8.63. The summed E-state index contributed by atoms with van der Waals surface area (Å²) in [6, 6.07) is -0.192. The Balaban J connectivity index is 2.45. The van der Waals surface area contributed by atoms with Crippen LogP contribution in [0.25, 0.3) is 0 Å². The van der Waals surface area contributed by atoms with Crippen molar-refractivity contribution in [1.29, 1.82) is 0 Å². The van der Waals surface area contributed by atoms with Gasteiger partial charge in [0.2, 0.25) is 0 Å². The smallest absolute Gasteiger partial charge is 0.115 e. The minimum Gasteiger partial charge on any atom is -0.271 e. The number of nitrogens with one attached hydrogen (secondary N) is 1. The van der Waals surface area contributed by atoms with E-state index in [0.29, 0.717) is 0 Å². The summed E-state index contributed by atoms with van der Waals surface area (Å²) in [6.45, 7) is 0. The van der Waals surface area contributed by atoms with Gasteiger partial charge in [-0.1, -0.05) is 0 Å². The van der Waals surface area contributed by atoms with Crippen molar-refractivity contribution in [3.8, 4) is 0 Å². The van der Waals surface area contributed by atoms with Crippen LogP contribution < -0.4 is 11.3 Å². The molecule has 0 fully saturated rings. The highest BCUT2D eigenvalue weighted by molar-refractivity contribution is 9.10. The van der Waals surface area contributed by atoms with Crippen molar-refractivity contribution in [2.75, 3.05) is 0 Å². The average Bonchev–Trinajstić information content (AvgIpc) is 2.63. The van der Waals surface area contributed by atoms with Crippen LogP contribution in [0.15, 0.2) is 29.4 Å². The molecule has 0 aromatic carbocycles. The monoisotopic (exact) mass is 282 g/mol. The number of aromatic nitrogens is 4. The number of halogens is 1. The zero-order valence-corrected chi connectivity index (χ0v) is 10.2. The fraction of sp³-hybridized carbons (Fsp3) is 0.222. The van der Waals surface area contributed by atoms with Gasteiger partial charge in [-0.3, -0.25) is 10.5 Å². The molecule has 2 heterocycles. The topological polar surface area (TPSA) is 81.7 Å². The molecular formula is C9H11BrN6. The SMILES string of the molecule is Cn1ncc(Br)c1C(NN)c1cncnc1. The van der Waals surface area contributed by atoms with Gasteiger partial charge in [0.15, 0.2) is 0 Å². The van der Waals surface area contributed by atoms with Crippen molar-refractivity contribution < 1.29 is 0 Å². The molecule has 0 saturated carbocycles. The van der Waals surface area contributed by atoms with E-state index in [-0.39, 0.29) is 6.04 Å². The molecule has 7 heteroatoms. The number of aryl methyl sites for hydroxylation is 1. The Labute approximate surface area is 101 Å². The molecule has 0 saturated heterocycles. The minimum absolute atomic E-state index is 0.192. The van der Waals surface area contributed by atoms with E-state index in [4.69, 9.17) is 5.84 Å². The molecule has 0 amide bonds. The highest BCUT2D eigenvalue weighted by atomic mass is 79.9. The first-order valence-electron chi connectivity index (χ1n) is 4.62. The van der Waals surface area contributed by atoms with Crippen molar-refractivity contribution in [3.05, 3.63) is 40.6 Å². The van der Waals surface area contributed by atoms with E-state index in [9.17, 15) is 0 Å². The molecule has 2 aromatic rings. The summed E-state index contributed by atoms with van der Waals surface area (Å²) < 4.78 is 2.64. The lowest BCUT2D eigenvalue weighted by molar-refractivity contribution is 0.570. The van der Waals surface area contributed by atoms with Crippen LogP contribution in [-0.2, 0) is 7.05 Å². The third-order valence-electron chi connectivity index (χ3n) is 2.29. The first kappa shape index (κ1) is 11.2. The number of nitrogens with zero attached hydrogens (tertiary/aromatic N) is 4. The highest BCUT2D eigenvalue weighted by Gasteiger charge is 2.19. The Hall–Kier alpha value is -1.31. The van der Waals surface area contributed by atoms with Gasteiger partial charge in [0.1, 0.15) is 6.33 Å². The van der Waals surface area contributed by atoms with E-state index < -0.39 is 0 Å². The van der Waals surface area contributed by atoms with Crippen molar-refractivity contribution in [2.45, 2.75) is 6.04 Å². The van der Waals surface area contributed by atoms with Crippen molar-refractivity contribution >= 4 is 15.9 Å². The van der Waals surface area contributed by atoms with Crippen molar-refractivity contribution in [2.24, 2.45) is 12.9 Å². The predicted molar refractivity (Wildman–Crippen MR) is 62.1 cm³/mol. The molecule has 3 N–H and O–H groups in total. The normalized spacial score (nSPS) is 12.7. The van der Waals surface area contributed by atoms with Crippen LogP contribution in [-0.4, -0.2) is 19.7 Å². The summed E-state index contributed by atoms with van der Waals surface area (Å²) >= 11 is 3.44.